The van der Waals surface area contributed by atoms with Gasteiger partial charge in [0, 0.05) is 12.3 Å². The summed E-state index contributed by atoms with van der Waals surface area (Å²) in [7, 11) is 0. The fourth-order valence-electron chi connectivity index (χ4n) is 2.17. The van der Waals surface area contributed by atoms with Gasteiger partial charge in [-0.2, -0.15) is 0 Å². The van der Waals surface area contributed by atoms with Gasteiger partial charge in [-0.3, -0.25) is 0 Å². The Kier molecular flexibility index (Phi) is 3.68. The highest BCUT2D eigenvalue weighted by molar-refractivity contribution is 14.1. The number of nitrogen functional groups attached to an aromatic ring is 1. The van der Waals surface area contributed by atoms with Gasteiger partial charge in [0.1, 0.15) is 11.6 Å². The molecule has 98 valence electrons. The average molecular weight is 365 g/mol. The van der Waals surface area contributed by atoms with Gasteiger partial charge in [-0.1, -0.05) is 30.3 Å². The van der Waals surface area contributed by atoms with Gasteiger partial charge in [-0.25, -0.2) is 9.97 Å². The van der Waals surface area contributed by atoms with Gasteiger partial charge in [0.25, 0.3) is 0 Å². The number of anilines is 1. The Morgan fingerprint density at radius 1 is 1.11 bits per heavy atom. The first-order valence-electron chi connectivity index (χ1n) is 6.60. The van der Waals surface area contributed by atoms with Gasteiger partial charge in [0.2, 0.25) is 0 Å². The first-order chi connectivity index (χ1) is 9.24. The first kappa shape index (κ1) is 12.8. The summed E-state index contributed by atoms with van der Waals surface area (Å²) in [5, 5.41) is 0. The number of benzene rings is 1. The molecule has 1 aliphatic rings. The molecular formula is C15H16IN3. The van der Waals surface area contributed by atoms with Crippen molar-refractivity contribution in [2.24, 2.45) is 0 Å². The Bertz CT molecular complexity index is 579. The molecule has 1 aliphatic carbocycles. The maximum absolute atomic E-state index is 6.00. The summed E-state index contributed by atoms with van der Waals surface area (Å²) < 4.78 is 1.04. The van der Waals surface area contributed by atoms with Crippen molar-refractivity contribution in [2.45, 2.75) is 31.6 Å². The number of nitrogens with two attached hydrogens (primary N) is 1. The largest absolute Gasteiger partial charge is 0.383 e. The minimum absolute atomic E-state index is 0.618. The number of halogens is 1. The number of aryl methyl sites for hydroxylation is 2. The Hall–Kier alpha value is -1.17. The van der Waals surface area contributed by atoms with E-state index in [0.29, 0.717) is 11.7 Å². The van der Waals surface area contributed by atoms with Gasteiger partial charge < -0.3 is 5.73 Å². The van der Waals surface area contributed by atoms with Gasteiger partial charge in [0.15, 0.2) is 0 Å². The first-order valence-corrected chi connectivity index (χ1v) is 7.67. The molecule has 1 aromatic heterocycles. The lowest BCUT2D eigenvalue weighted by Crippen LogP contribution is -2.07. The zero-order valence-electron chi connectivity index (χ0n) is 10.6. The maximum Gasteiger partial charge on any atom is 0.140 e. The van der Waals surface area contributed by atoms with E-state index in [1.807, 2.05) is 6.07 Å². The van der Waals surface area contributed by atoms with Crippen molar-refractivity contribution in [1.29, 1.82) is 0 Å². The maximum atomic E-state index is 6.00. The highest BCUT2D eigenvalue weighted by atomic mass is 127. The summed E-state index contributed by atoms with van der Waals surface area (Å²) in [6, 6.07) is 10.4. The average Bonchev–Trinajstić information content (AvgIpc) is 3.25. The number of rotatable bonds is 4. The molecule has 1 aromatic carbocycles. The molecule has 1 saturated carbocycles. The van der Waals surface area contributed by atoms with E-state index < -0.39 is 0 Å². The second kappa shape index (κ2) is 5.45. The van der Waals surface area contributed by atoms with Crippen LogP contribution in [-0.2, 0) is 12.8 Å². The Labute approximate surface area is 126 Å². The summed E-state index contributed by atoms with van der Waals surface area (Å²) in [5.74, 6) is 2.14. The molecule has 0 radical (unpaired) electrons. The standard InChI is InChI=1S/C15H16IN3/c16-13-14(11-7-8-11)18-12(19-15(13)17)9-6-10-4-2-1-3-5-10/h1-5,11H,6-9H2,(H2,17,18,19). The summed E-state index contributed by atoms with van der Waals surface area (Å²) in [6.07, 6.45) is 4.30. The minimum atomic E-state index is 0.618. The molecular weight excluding hydrogens is 349 g/mol. The molecule has 0 saturated heterocycles. The fraction of sp³-hybridized carbons (Fsp3) is 0.333. The van der Waals surface area contributed by atoms with E-state index in [9.17, 15) is 0 Å². The van der Waals surface area contributed by atoms with E-state index in [1.165, 1.54) is 18.4 Å². The number of hydrogen-bond donors (Lipinski definition) is 1. The van der Waals surface area contributed by atoms with Gasteiger partial charge in [-0.05, 0) is 47.4 Å². The lowest BCUT2D eigenvalue weighted by molar-refractivity contribution is 0.827. The molecule has 4 heteroatoms. The highest BCUT2D eigenvalue weighted by Crippen LogP contribution is 2.41. The van der Waals surface area contributed by atoms with Crippen LogP contribution in [0.15, 0.2) is 30.3 Å². The van der Waals surface area contributed by atoms with Crippen LogP contribution in [-0.4, -0.2) is 9.97 Å². The predicted octanol–water partition coefficient (Wildman–Crippen LogP) is 3.33. The lowest BCUT2D eigenvalue weighted by Gasteiger charge is -2.08. The fourth-order valence-corrected chi connectivity index (χ4v) is 2.85. The number of nitrogens with zero attached hydrogens (tertiary/aromatic N) is 2. The van der Waals surface area contributed by atoms with Crippen molar-refractivity contribution in [3.8, 4) is 0 Å². The summed E-state index contributed by atoms with van der Waals surface area (Å²) in [4.78, 5) is 9.13. The lowest BCUT2D eigenvalue weighted by atomic mass is 10.1. The minimum Gasteiger partial charge on any atom is -0.383 e. The summed E-state index contributed by atoms with van der Waals surface area (Å²) in [6.45, 7) is 0. The summed E-state index contributed by atoms with van der Waals surface area (Å²) >= 11 is 2.27. The molecule has 0 atom stereocenters. The van der Waals surface area contributed by atoms with Crippen molar-refractivity contribution in [2.75, 3.05) is 5.73 Å². The van der Waals surface area contributed by atoms with Crippen molar-refractivity contribution >= 4 is 28.4 Å². The van der Waals surface area contributed by atoms with E-state index in [4.69, 9.17) is 10.7 Å². The van der Waals surface area contributed by atoms with Crippen LogP contribution in [0.25, 0.3) is 0 Å². The zero-order chi connectivity index (χ0) is 13.2. The normalized spacial score (nSPS) is 14.6. The highest BCUT2D eigenvalue weighted by Gasteiger charge is 2.28. The Morgan fingerprint density at radius 3 is 2.53 bits per heavy atom. The summed E-state index contributed by atoms with van der Waals surface area (Å²) in [5.41, 5.74) is 8.48. The molecule has 3 rings (SSSR count). The SMILES string of the molecule is Nc1nc(CCc2ccccc2)nc(C2CC2)c1I. The van der Waals surface area contributed by atoms with E-state index in [0.717, 1.165) is 27.9 Å². The number of hydrogen-bond acceptors (Lipinski definition) is 3. The van der Waals surface area contributed by atoms with E-state index in [-0.39, 0.29) is 0 Å². The molecule has 0 unspecified atom stereocenters. The molecule has 1 heterocycles. The van der Waals surface area contributed by atoms with Crippen LogP contribution in [0.1, 0.15) is 35.8 Å². The molecule has 1 fully saturated rings. The van der Waals surface area contributed by atoms with Crippen LogP contribution < -0.4 is 5.73 Å². The monoisotopic (exact) mass is 365 g/mol. The van der Waals surface area contributed by atoms with Crippen molar-refractivity contribution in [3.05, 3.63) is 51.0 Å². The topological polar surface area (TPSA) is 51.8 Å². The Balaban J connectivity index is 1.77. The molecule has 0 bridgehead atoms. The second-order valence-corrected chi connectivity index (χ2v) is 6.06. The van der Waals surface area contributed by atoms with Crippen LogP contribution in [0.2, 0.25) is 0 Å². The van der Waals surface area contributed by atoms with E-state index >= 15 is 0 Å². The predicted molar refractivity (Wildman–Crippen MR) is 85.0 cm³/mol. The molecule has 2 aromatic rings. The van der Waals surface area contributed by atoms with Crippen molar-refractivity contribution < 1.29 is 0 Å². The van der Waals surface area contributed by atoms with Crippen molar-refractivity contribution in [3.63, 3.8) is 0 Å². The van der Waals surface area contributed by atoms with E-state index in [2.05, 4.69) is 51.8 Å². The van der Waals surface area contributed by atoms with Crippen LogP contribution in [0, 0.1) is 3.57 Å². The van der Waals surface area contributed by atoms with Gasteiger partial charge in [0.05, 0.1) is 9.26 Å². The molecule has 0 amide bonds. The van der Waals surface area contributed by atoms with Crippen LogP contribution in [0.5, 0.6) is 0 Å². The molecule has 3 nitrogen and oxygen atoms in total. The van der Waals surface area contributed by atoms with Gasteiger partial charge >= 0.3 is 0 Å². The molecule has 2 N–H and O–H groups in total. The van der Waals surface area contributed by atoms with Gasteiger partial charge in [-0.15, -0.1) is 0 Å². The van der Waals surface area contributed by atoms with Crippen LogP contribution >= 0.6 is 22.6 Å². The third kappa shape index (κ3) is 3.05. The van der Waals surface area contributed by atoms with E-state index in [1.54, 1.807) is 0 Å². The molecule has 19 heavy (non-hydrogen) atoms. The quantitative estimate of drug-likeness (QED) is 0.846. The zero-order valence-corrected chi connectivity index (χ0v) is 12.8. The number of aromatic nitrogens is 2. The molecule has 0 spiro atoms. The van der Waals surface area contributed by atoms with Crippen molar-refractivity contribution in [1.82, 2.24) is 9.97 Å². The third-order valence-corrected chi connectivity index (χ3v) is 4.50. The third-order valence-electron chi connectivity index (χ3n) is 3.39. The van der Waals surface area contributed by atoms with Crippen LogP contribution in [0.3, 0.4) is 0 Å². The second-order valence-electron chi connectivity index (χ2n) is 4.98. The smallest absolute Gasteiger partial charge is 0.140 e. The molecule has 0 aliphatic heterocycles. The van der Waals surface area contributed by atoms with Crippen LogP contribution in [0.4, 0.5) is 5.82 Å². The Morgan fingerprint density at radius 2 is 1.84 bits per heavy atom.